The van der Waals surface area contributed by atoms with Crippen molar-refractivity contribution in [2.75, 3.05) is 19.7 Å². The fourth-order valence-corrected chi connectivity index (χ4v) is 2.68. The van der Waals surface area contributed by atoms with Gasteiger partial charge in [0.2, 0.25) is 0 Å². The van der Waals surface area contributed by atoms with Crippen molar-refractivity contribution < 1.29 is 9.53 Å². The molecular weight excluding hydrogens is 226 g/mol. The number of esters is 1. The molecule has 0 aromatic rings. The number of likely N-dealkylation sites (tertiary alicyclic amines) is 1. The largest absolute Gasteiger partial charge is 0.465 e. The van der Waals surface area contributed by atoms with Crippen molar-refractivity contribution >= 4 is 5.97 Å². The Morgan fingerprint density at radius 3 is 2.44 bits per heavy atom. The SMILES string of the molecule is CCCCCCC(C(=O)OCC)N1CCCCC1. The summed E-state index contributed by atoms with van der Waals surface area (Å²) in [4.78, 5) is 14.4. The zero-order chi connectivity index (χ0) is 13.2. The summed E-state index contributed by atoms with van der Waals surface area (Å²) < 4.78 is 5.23. The van der Waals surface area contributed by atoms with E-state index in [0.717, 1.165) is 25.9 Å². The molecule has 0 radical (unpaired) electrons. The molecule has 0 saturated carbocycles. The maximum absolute atomic E-state index is 12.0. The van der Waals surface area contributed by atoms with Crippen molar-refractivity contribution in [1.29, 1.82) is 0 Å². The number of hydrogen-bond acceptors (Lipinski definition) is 3. The van der Waals surface area contributed by atoms with Gasteiger partial charge < -0.3 is 4.74 Å². The topological polar surface area (TPSA) is 29.5 Å². The Kier molecular flexibility index (Phi) is 8.06. The second kappa shape index (κ2) is 9.37. The quantitative estimate of drug-likeness (QED) is 0.492. The number of ether oxygens (including phenoxy) is 1. The van der Waals surface area contributed by atoms with Gasteiger partial charge in [-0.2, -0.15) is 0 Å². The third kappa shape index (κ3) is 5.38. The molecule has 1 atom stereocenters. The van der Waals surface area contributed by atoms with Gasteiger partial charge in [-0.15, -0.1) is 0 Å². The van der Waals surface area contributed by atoms with Gasteiger partial charge in [0.15, 0.2) is 0 Å². The van der Waals surface area contributed by atoms with Crippen LogP contribution in [0.5, 0.6) is 0 Å². The van der Waals surface area contributed by atoms with E-state index < -0.39 is 0 Å². The highest BCUT2D eigenvalue weighted by atomic mass is 16.5. The Morgan fingerprint density at radius 1 is 1.11 bits per heavy atom. The van der Waals surface area contributed by atoms with E-state index >= 15 is 0 Å². The van der Waals surface area contributed by atoms with Crippen molar-refractivity contribution in [2.45, 2.75) is 71.3 Å². The van der Waals surface area contributed by atoms with E-state index in [4.69, 9.17) is 4.74 Å². The minimum absolute atomic E-state index is 0.00380. The Labute approximate surface area is 112 Å². The summed E-state index contributed by atoms with van der Waals surface area (Å²) in [5, 5.41) is 0. The van der Waals surface area contributed by atoms with Crippen LogP contribution in [0.3, 0.4) is 0 Å². The average molecular weight is 255 g/mol. The summed E-state index contributed by atoms with van der Waals surface area (Å²) in [5.41, 5.74) is 0. The van der Waals surface area contributed by atoms with Crippen LogP contribution in [0.15, 0.2) is 0 Å². The molecule has 0 N–H and O–H groups in total. The number of hydrogen-bond donors (Lipinski definition) is 0. The summed E-state index contributed by atoms with van der Waals surface area (Å²) in [6, 6.07) is 0.0158. The van der Waals surface area contributed by atoms with Crippen LogP contribution in [0.25, 0.3) is 0 Å². The van der Waals surface area contributed by atoms with Crippen LogP contribution in [0.1, 0.15) is 65.2 Å². The van der Waals surface area contributed by atoms with Crippen LogP contribution < -0.4 is 0 Å². The van der Waals surface area contributed by atoms with Crippen LogP contribution >= 0.6 is 0 Å². The van der Waals surface area contributed by atoms with Gasteiger partial charge in [0.25, 0.3) is 0 Å². The van der Waals surface area contributed by atoms with Gasteiger partial charge in [-0.25, -0.2) is 0 Å². The van der Waals surface area contributed by atoms with Gasteiger partial charge >= 0.3 is 5.97 Å². The third-order valence-electron chi connectivity index (χ3n) is 3.72. The van der Waals surface area contributed by atoms with E-state index in [1.165, 1.54) is 38.5 Å². The number of nitrogens with zero attached hydrogens (tertiary/aromatic N) is 1. The molecule has 0 amide bonds. The maximum atomic E-state index is 12.0. The number of rotatable bonds is 8. The molecular formula is C15H29NO2. The summed E-state index contributed by atoms with van der Waals surface area (Å²) in [5.74, 6) is -0.00380. The standard InChI is InChI=1S/C15H29NO2/c1-3-5-6-8-11-14(15(17)18-4-2)16-12-9-7-10-13-16/h14H,3-13H2,1-2H3. The second-order valence-electron chi connectivity index (χ2n) is 5.21. The lowest BCUT2D eigenvalue weighted by atomic mass is 10.0. The molecule has 0 aromatic heterocycles. The number of piperidine rings is 1. The monoisotopic (exact) mass is 255 g/mol. The smallest absolute Gasteiger partial charge is 0.323 e. The Balaban J connectivity index is 2.42. The first-order valence-corrected chi connectivity index (χ1v) is 7.70. The van der Waals surface area contributed by atoms with Crippen LogP contribution in [-0.2, 0) is 9.53 Å². The van der Waals surface area contributed by atoms with Gasteiger partial charge in [-0.1, -0.05) is 39.0 Å². The van der Waals surface area contributed by atoms with Crippen molar-refractivity contribution in [3.63, 3.8) is 0 Å². The average Bonchev–Trinajstić information content (AvgIpc) is 2.40. The van der Waals surface area contributed by atoms with E-state index in [9.17, 15) is 4.79 Å². The highest BCUT2D eigenvalue weighted by Crippen LogP contribution is 2.18. The van der Waals surface area contributed by atoms with E-state index in [2.05, 4.69) is 11.8 Å². The molecule has 3 heteroatoms. The predicted molar refractivity (Wildman–Crippen MR) is 74.6 cm³/mol. The first-order chi connectivity index (χ1) is 8.79. The normalized spacial score (nSPS) is 18.6. The Bertz CT molecular complexity index is 225. The highest BCUT2D eigenvalue weighted by Gasteiger charge is 2.27. The van der Waals surface area contributed by atoms with Crippen molar-refractivity contribution in [3.05, 3.63) is 0 Å². The summed E-state index contributed by atoms with van der Waals surface area (Å²) in [6.45, 7) is 6.74. The molecule has 1 aliphatic heterocycles. The number of carbonyl (C=O) groups excluding carboxylic acids is 1. The summed E-state index contributed by atoms with van der Waals surface area (Å²) >= 11 is 0. The molecule has 1 fully saturated rings. The summed E-state index contributed by atoms with van der Waals surface area (Å²) in [7, 11) is 0. The molecule has 106 valence electrons. The molecule has 1 heterocycles. The lowest BCUT2D eigenvalue weighted by Crippen LogP contribution is -2.44. The molecule has 1 unspecified atom stereocenters. The van der Waals surface area contributed by atoms with Gasteiger partial charge in [0, 0.05) is 0 Å². The van der Waals surface area contributed by atoms with E-state index in [-0.39, 0.29) is 12.0 Å². The number of carbonyl (C=O) groups is 1. The molecule has 3 nitrogen and oxygen atoms in total. The van der Waals surface area contributed by atoms with Crippen LogP contribution in [0.4, 0.5) is 0 Å². The second-order valence-corrected chi connectivity index (χ2v) is 5.21. The molecule has 1 saturated heterocycles. The zero-order valence-corrected chi connectivity index (χ0v) is 12.1. The van der Waals surface area contributed by atoms with Gasteiger partial charge in [0.1, 0.15) is 6.04 Å². The fraction of sp³-hybridized carbons (Fsp3) is 0.933. The van der Waals surface area contributed by atoms with Gasteiger partial charge in [-0.3, -0.25) is 9.69 Å². The Morgan fingerprint density at radius 2 is 1.83 bits per heavy atom. The lowest BCUT2D eigenvalue weighted by Gasteiger charge is -2.33. The molecule has 0 bridgehead atoms. The van der Waals surface area contributed by atoms with Crippen molar-refractivity contribution in [1.82, 2.24) is 4.90 Å². The van der Waals surface area contributed by atoms with Gasteiger partial charge in [0.05, 0.1) is 6.61 Å². The van der Waals surface area contributed by atoms with E-state index in [1.54, 1.807) is 0 Å². The highest BCUT2D eigenvalue weighted by molar-refractivity contribution is 5.75. The molecule has 18 heavy (non-hydrogen) atoms. The van der Waals surface area contributed by atoms with Crippen molar-refractivity contribution in [3.8, 4) is 0 Å². The molecule has 0 spiro atoms. The van der Waals surface area contributed by atoms with Gasteiger partial charge in [-0.05, 0) is 39.3 Å². The third-order valence-corrected chi connectivity index (χ3v) is 3.72. The fourth-order valence-electron chi connectivity index (χ4n) is 2.68. The molecule has 1 aliphatic rings. The molecule has 0 aliphatic carbocycles. The van der Waals surface area contributed by atoms with Crippen LogP contribution in [0.2, 0.25) is 0 Å². The van der Waals surface area contributed by atoms with Crippen LogP contribution in [0, 0.1) is 0 Å². The van der Waals surface area contributed by atoms with E-state index in [1.807, 2.05) is 6.92 Å². The maximum Gasteiger partial charge on any atom is 0.323 e. The first kappa shape index (κ1) is 15.5. The number of unbranched alkanes of at least 4 members (excludes halogenated alkanes) is 3. The van der Waals surface area contributed by atoms with E-state index in [0.29, 0.717) is 6.61 Å². The molecule has 1 rings (SSSR count). The Hall–Kier alpha value is -0.570. The minimum Gasteiger partial charge on any atom is -0.465 e. The van der Waals surface area contributed by atoms with Crippen molar-refractivity contribution in [2.24, 2.45) is 0 Å². The summed E-state index contributed by atoms with van der Waals surface area (Å²) in [6.07, 6.45) is 9.63. The van der Waals surface area contributed by atoms with Crippen LogP contribution in [-0.4, -0.2) is 36.6 Å². The minimum atomic E-state index is -0.00380. The predicted octanol–water partition coefficient (Wildman–Crippen LogP) is 3.37. The zero-order valence-electron chi connectivity index (χ0n) is 12.1. The first-order valence-electron chi connectivity index (χ1n) is 7.70. The molecule has 0 aromatic carbocycles. The lowest BCUT2D eigenvalue weighted by molar-refractivity contribution is -0.150.